The molecule has 2 aliphatic rings. The maximum absolute atomic E-state index is 12.1. The Balaban J connectivity index is 1.79. The summed E-state index contributed by atoms with van der Waals surface area (Å²) in [6.07, 6.45) is 3.27. The summed E-state index contributed by atoms with van der Waals surface area (Å²) >= 11 is 0. The van der Waals surface area contributed by atoms with E-state index in [1.54, 1.807) is 6.19 Å². The van der Waals surface area contributed by atoms with Gasteiger partial charge in [0.05, 0.1) is 16.6 Å². The molecule has 1 heterocycles. The predicted octanol–water partition coefficient (Wildman–Crippen LogP) is 1.61. The van der Waals surface area contributed by atoms with Gasteiger partial charge in [0, 0.05) is 0 Å². The summed E-state index contributed by atoms with van der Waals surface area (Å²) in [6.45, 7) is 8.08. The van der Waals surface area contributed by atoms with Crippen molar-refractivity contribution in [3.8, 4) is 6.19 Å². The molecule has 120 valence electrons. The van der Waals surface area contributed by atoms with Gasteiger partial charge in [-0.15, -0.1) is 0 Å². The Morgan fingerprint density at radius 1 is 1.13 bits per heavy atom. The first kappa shape index (κ1) is 16.0. The van der Waals surface area contributed by atoms with Gasteiger partial charge in [-0.1, -0.05) is 24.3 Å². The smallest absolute Gasteiger partial charge is 0.399 e. The quantitative estimate of drug-likeness (QED) is 0.523. The first-order valence-corrected chi connectivity index (χ1v) is 7.87. The van der Waals surface area contributed by atoms with E-state index in [2.05, 4.69) is 5.32 Å². The summed E-state index contributed by atoms with van der Waals surface area (Å²) < 4.78 is 12.1. The van der Waals surface area contributed by atoms with E-state index in [-0.39, 0.29) is 17.1 Å². The minimum Gasteiger partial charge on any atom is -0.399 e. The van der Waals surface area contributed by atoms with Crippen LogP contribution in [0, 0.1) is 11.5 Å². The molecule has 1 aliphatic heterocycles. The lowest BCUT2D eigenvalue weighted by Crippen LogP contribution is -2.41. The molecule has 0 atom stereocenters. The fourth-order valence-electron chi connectivity index (χ4n) is 2.88. The molecular formula is C17H21BN2O3. The fraction of sp³-hybridized carbons (Fsp3) is 0.529. The molecule has 1 aromatic rings. The molecule has 0 unspecified atom stereocenters. The van der Waals surface area contributed by atoms with Crippen LogP contribution in [0.15, 0.2) is 24.3 Å². The maximum atomic E-state index is 12.1. The minimum atomic E-state index is -0.538. The van der Waals surface area contributed by atoms with Crippen molar-refractivity contribution >= 4 is 18.5 Å². The van der Waals surface area contributed by atoms with Crippen LogP contribution in [-0.2, 0) is 19.5 Å². The molecule has 1 saturated heterocycles. The van der Waals surface area contributed by atoms with Crippen molar-refractivity contribution in [3.63, 3.8) is 0 Å². The number of nitrogens with zero attached hydrogens (tertiary/aromatic N) is 1. The van der Waals surface area contributed by atoms with Crippen LogP contribution < -0.4 is 10.8 Å². The zero-order chi connectivity index (χ0) is 16.9. The van der Waals surface area contributed by atoms with Gasteiger partial charge in [-0.05, 0) is 51.6 Å². The summed E-state index contributed by atoms with van der Waals surface area (Å²) in [5, 5.41) is 10.9. The topological polar surface area (TPSA) is 71.3 Å². The summed E-state index contributed by atoms with van der Waals surface area (Å²) in [7, 11) is -0.405. The van der Waals surface area contributed by atoms with E-state index in [1.807, 2.05) is 52.0 Å². The van der Waals surface area contributed by atoms with Crippen molar-refractivity contribution in [1.29, 1.82) is 5.26 Å². The van der Waals surface area contributed by atoms with Gasteiger partial charge in [-0.25, -0.2) is 0 Å². The van der Waals surface area contributed by atoms with E-state index in [1.165, 1.54) is 0 Å². The van der Waals surface area contributed by atoms with Gasteiger partial charge in [-0.3, -0.25) is 10.1 Å². The lowest BCUT2D eigenvalue weighted by Gasteiger charge is -2.32. The van der Waals surface area contributed by atoms with Crippen molar-refractivity contribution in [2.24, 2.45) is 0 Å². The lowest BCUT2D eigenvalue weighted by molar-refractivity contribution is -0.122. The Bertz CT molecular complexity index is 656. The van der Waals surface area contributed by atoms with Crippen LogP contribution in [0.5, 0.6) is 0 Å². The van der Waals surface area contributed by atoms with Crippen molar-refractivity contribution < 1.29 is 14.1 Å². The molecule has 1 N–H and O–H groups in total. The standard InChI is InChI=1S/C17H21BN2O3/c1-15(2)16(3,4)23-18(22-15)13-7-5-12(6-8-13)17(9-10-17)14(21)20-11-19/h5-8H,9-10H2,1-4H3,(H,20,21). The monoisotopic (exact) mass is 312 g/mol. The number of nitriles is 1. The number of nitrogens with one attached hydrogen (secondary N) is 1. The highest BCUT2D eigenvalue weighted by Gasteiger charge is 2.53. The Morgan fingerprint density at radius 3 is 2.09 bits per heavy atom. The SMILES string of the molecule is CC1(C)OB(c2ccc(C3(C(=O)NC#N)CC3)cc2)OC1(C)C. The Kier molecular flexibility index (Phi) is 3.55. The Labute approximate surface area is 137 Å². The number of carbonyl (C=O) groups excluding carboxylic acids is 1. The Morgan fingerprint density at radius 2 is 1.65 bits per heavy atom. The number of hydrogen-bond acceptors (Lipinski definition) is 4. The number of amides is 1. The van der Waals surface area contributed by atoms with Crippen molar-refractivity contribution in [2.75, 3.05) is 0 Å². The zero-order valence-corrected chi connectivity index (χ0v) is 14.0. The van der Waals surface area contributed by atoms with E-state index in [4.69, 9.17) is 14.6 Å². The van der Waals surface area contributed by atoms with Crippen molar-refractivity contribution in [1.82, 2.24) is 5.32 Å². The second kappa shape index (κ2) is 5.08. The van der Waals surface area contributed by atoms with Gasteiger partial charge in [0.2, 0.25) is 5.91 Å². The molecule has 1 saturated carbocycles. The van der Waals surface area contributed by atoms with E-state index >= 15 is 0 Å². The van der Waals surface area contributed by atoms with Crippen LogP contribution in [-0.4, -0.2) is 24.2 Å². The van der Waals surface area contributed by atoms with Gasteiger partial charge in [-0.2, -0.15) is 5.26 Å². The van der Waals surface area contributed by atoms with E-state index < -0.39 is 12.5 Å². The molecular weight excluding hydrogens is 291 g/mol. The molecule has 0 aromatic heterocycles. The molecule has 23 heavy (non-hydrogen) atoms. The number of rotatable bonds is 3. The average Bonchev–Trinajstić information content (AvgIpc) is 3.24. The van der Waals surface area contributed by atoms with Crippen LogP contribution in [0.4, 0.5) is 0 Å². The molecule has 1 amide bonds. The maximum Gasteiger partial charge on any atom is 0.494 e. The van der Waals surface area contributed by atoms with Crippen LogP contribution >= 0.6 is 0 Å². The molecule has 0 bridgehead atoms. The second-order valence-electron chi connectivity index (χ2n) is 7.36. The number of carbonyl (C=O) groups is 1. The molecule has 0 radical (unpaired) electrons. The molecule has 1 aromatic carbocycles. The molecule has 5 nitrogen and oxygen atoms in total. The molecule has 2 fully saturated rings. The lowest BCUT2D eigenvalue weighted by atomic mass is 9.78. The molecule has 3 rings (SSSR count). The van der Waals surface area contributed by atoms with Gasteiger partial charge >= 0.3 is 7.12 Å². The highest BCUT2D eigenvalue weighted by atomic mass is 16.7. The van der Waals surface area contributed by atoms with Crippen LogP contribution in [0.2, 0.25) is 0 Å². The van der Waals surface area contributed by atoms with Crippen LogP contribution in [0.25, 0.3) is 0 Å². The fourth-order valence-corrected chi connectivity index (χ4v) is 2.88. The summed E-state index contributed by atoms with van der Waals surface area (Å²) in [5.74, 6) is -0.219. The first-order valence-electron chi connectivity index (χ1n) is 7.87. The van der Waals surface area contributed by atoms with E-state index in [0.29, 0.717) is 0 Å². The van der Waals surface area contributed by atoms with Crippen molar-refractivity contribution in [2.45, 2.75) is 57.2 Å². The van der Waals surface area contributed by atoms with E-state index in [9.17, 15) is 4.79 Å². The zero-order valence-electron chi connectivity index (χ0n) is 14.0. The van der Waals surface area contributed by atoms with Gasteiger partial charge in [0.1, 0.15) is 0 Å². The van der Waals surface area contributed by atoms with Gasteiger partial charge in [0.15, 0.2) is 6.19 Å². The third kappa shape index (κ3) is 2.54. The highest BCUT2D eigenvalue weighted by molar-refractivity contribution is 6.62. The molecule has 1 aliphatic carbocycles. The molecule has 6 heteroatoms. The summed E-state index contributed by atoms with van der Waals surface area (Å²) in [5.41, 5.74) is 0.584. The van der Waals surface area contributed by atoms with E-state index in [0.717, 1.165) is 23.9 Å². The second-order valence-corrected chi connectivity index (χ2v) is 7.36. The number of hydrogen-bond donors (Lipinski definition) is 1. The largest absolute Gasteiger partial charge is 0.494 e. The first-order chi connectivity index (χ1) is 10.7. The van der Waals surface area contributed by atoms with Gasteiger partial charge in [0.25, 0.3) is 0 Å². The highest BCUT2D eigenvalue weighted by Crippen LogP contribution is 2.48. The van der Waals surface area contributed by atoms with Crippen molar-refractivity contribution in [3.05, 3.63) is 29.8 Å². The third-order valence-electron chi connectivity index (χ3n) is 5.34. The molecule has 0 spiro atoms. The summed E-state index contributed by atoms with van der Waals surface area (Å²) in [4.78, 5) is 12.1. The normalized spacial score (nSPS) is 23.2. The minimum absolute atomic E-state index is 0.219. The third-order valence-corrected chi connectivity index (χ3v) is 5.34. The summed E-state index contributed by atoms with van der Waals surface area (Å²) in [6, 6.07) is 7.75. The Hall–Kier alpha value is -1.84. The average molecular weight is 312 g/mol. The van der Waals surface area contributed by atoms with Gasteiger partial charge < -0.3 is 9.31 Å². The number of benzene rings is 1. The predicted molar refractivity (Wildman–Crippen MR) is 86.8 cm³/mol. The van der Waals surface area contributed by atoms with Crippen LogP contribution in [0.1, 0.15) is 46.1 Å². The van der Waals surface area contributed by atoms with Crippen LogP contribution in [0.3, 0.4) is 0 Å².